The third-order valence-corrected chi connectivity index (χ3v) is 1.33. The first-order valence-corrected chi connectivity index (χ1v) is 2.50. The quantitative estimate of drug-likeness (QED) is 0.362. The molecule has 0 aromatic heterocycles. The topological polar surface area (TPSA) is 68.8 Å². The summed E-state index contributed by atoms with van der Waals surface area (Å²) in [6.45, 7) is 13.0. The van der Waals surface area contributed by atoms with Crippen molar-refractivity contribution in [2.75, 3.05) is 0 Å². The summed E-state index contributed by atoms with van der Waals surface area (Å²) in [7, 11) is 0. The first-order valence-electron chi connectivity index (χ1n) is 2.50. The van der Waals surface area contributed by atoms with Crippen LogP contribution in [0.2, 0.25) is 0 Å². The van der Waals surface area contributed by atoms with Gasteiger partial charge in [-0.2, -0.15) is 25.0 Å². The number of epoxide rings is 1. The minimum Gasteiger partial charge on any atom is -0.221 e. The largest absolute Gasteiger partial charge is 0.675 e. The fraction of sp³-hybridized carbons (Fsp3) is 0.333. The van der Waals surface area contributed by atoms with Crippen LogP contribution in [0.1, 0.15) is 0 Å². The number of nitriles is 2. The molecule has 0 amide bonds. The second-order valence-corrected chi connectivity index (χ2v) is 1.84. The van der Waals surface area contributed by atoms with Gasteiger partial charge in [0.2, 0.25) is 0 Å². The standard InChI is InChI=1S/C6N4O/c1-9-6(10-2)5(3-7,4-8)11-6. The maximum absolute atomic E-state index is 8.37. The number of hydrogen-bond donors (Lipinski definition) is 0. The van der Waals surface area contributed by atoms with Crippen molar-refractivity contribution in [3.05, 3.63) is 22.8 Å². The number of rotatable bonds is 0. The summed E-state index contributed by atoms with van der Waals surface area (Å²) in [6.07, 6.45) is 0. The van der Waals surface area contributed by atoms with Crippen LogP contribution in [0.4, 0.5) is 0 Å². The van der Waals surface area contributed by atoms with Crippen molar-refractivity contribution in [3.8, 4) is 12.1 Å². The van der Waals surface area contributed by atoms with Crippen LogP contribution in [-0.2, 0) is 4.74 Å². The Morgan fingerprint density at radius 3 is 1.73 bits per heavy atom. The van der Waals surface area contributed by atoms with Gasteiger partial charge in [-0.1, -0.05) is 0 Å². The van der Waals surface area contributed by atoms with Gasteiger partial charge >= 0.3 is 11.4 Å². The molecule has 0 unspecified atom stereocenters. The van der Waals surface area contributed by atoms with Gasteiger partial charge in [-0.15, -0.1) is 0 Å². The second kappa shape index (κ2) is 1.70. The van der Waals surface area contributed by atoms with E-state index in [1.165, 1.54) is 12.1 Å². The van der Waals surface area contributed by atoms with Gasteiger partial charge in [-0.05, 0) is 0 Å². The van der Waals surface area contributed by atoms with Gasteiger partial charge in [0.15, 0.2) is 0 Å². The van der Waals surface area contributed by atoms with Crippen molar-refractivity contribution >= 4 is 0 Å². The normalized spacial score (nSPS) is 21.5. The van der Waals surface area contributed by atoms with Crippen LogP contribution in [-0.4, -0.2) is 11.4 Å². The summed E-state index contributed by atoms with van der Waals surface area (Å²) in [5, 5.41) is 16.7. The van der Waals surface area contributed by atoms with Gasteiger partial charge in [-0.25, -0.2) is 13.1 Å². The van der Waals surface area contributed by atoms with Crippen molar-refractivity contribution in [2.45, 2.75) is 11.4 Å². The van der Waals surface area contributed by atoms with Gasteiger partial charge in [0.25, 0.3) is 0 Å². The van der Waals surface area contributed by atoms with E-state index in [9.17, 15) is 0 Å². The van der Waals surface area contributed by atoms with E-state index >= 15 is 0 Å². The minimum absolute atomic E-state index is 1.48. The molecule has 0 N–H and O–H groups in total. The van der Waals surface area contributed by atoms with E-state index in [0.717, 1.165) is 0 Å². The molecular weight excluding hydrogens is 144 g/mol. The van der Waals surface area contributed by atoms with Crippen LogP contribution in [0.15, 0.2) is 0 Å². The van der Waals surface area contributed by atoms with Crippen molar-refractivity contribution < 1.29 is 4.74 Å². The van der Waals surface area contributed by atoms with Crippen LogP contribution in [0.25, 0.3) is 9.69 Å². The molecule has 1 aliphatic rings. The Labute approximate surface area is 62.7 Å². The summed E-state index contributed by atoms with van der Waals surface area (Å²) >= 11 is 0. The lowest BCUT2D eigenvalue weighted by Gasteiger charge is -1.77. The van der Waals surface area contributed by atoms with Gasteiger partial charge < -0.3 is 0 Å². The molecule has 11 heavy (non-hydrogen) atoms. The average Bonchev–Trinajstić information content (AvgIpc) is 2.75. The summed E-state index contributed by atoms with van der Waals surface area (Å²) in [5.41, 5.74) is -1.85. The fourth-order valence-electron chi connectivity index (χ4n) is 0.632. The van der Waals surface area contributed by atoms with Gasteiger partial charge in [0, 0.05) is 0 Å². The van der Waals surface area contributed by atoms with Crippen molar-refractivity contribution in [2.24, 2.45) is 0 Å². The Hall–Kier alpha value is -2.08. The van der Waals surface area contributed by atoms with E-state index in [2.05, 4.69) is 14.4 Å². The van der Waals surface area contributed by atoms with Crippen molar-refractivity contribution in [3.63, 3.8) is 0 Å². The van der Waals surface area contributed by atoms with Crippen LogP contribution >= 0.6 is 0 Å². The Bertz CT molecular complexity index is 294. The Balaban J connectivity index is 3.11. The second-order valence-electron chi connectivity index (χ2n) is 1.84. The van der Waals surface area contributed by atoms with E-state index in [-0.39, 0.29) is 0 Å². The van der Waals surface area contributed by atoms with Crippen molar-refractivity contribution in [1.82, 2.24) is 0 Å². The molecule has 1 heterocycles. The third kappa shape index (κ3) is 0.528. The molecule has 0 aliphatic carbocycles. The molecule has 0 atom stereocenters. The highest BCUT2D eigenvalue weighted by Gasteiger charge is 2.92. The van der Waals surface area contributed by atoms with E-state index in [0.29, 0.717) is 0 Å². The molecule has 0 aromatic carbocycles. The van der Waals surface area contributed by atoms with E-state index < -0.39 is 11.4 Å². The highest BCUT2D eigenvalue weighted by molar-refractivity contribution is 5.43. The molecule has 1 aliphatic heterocycles. The summed E-state index contributed by atoms with van der Waals surface area (Å²) in [6, 6.07) is 2.97. The van der Waals surface area contributed by atoms with Gasteiger partial charge in [0.05, 0.1) is 0 Å². The Kier molecular flexibility index (Phi) is 1.09. The lowest BCUT2D eigenvalue weighted by atomic mass is 10.1. The van der Waals surface area contributed by atoms with Crippen LogP contribution in [0.5, 0.6) is 0 Å². The molecule has 0 radical (unpaired) electrons. The first kappa shape index (κ1) is 7.03. The predicted octanol–water partition coefficient (Wildman–Crippen LogP) is 0.295. The molecule has 1 saturated heterocycles. The molecule has 0 spiro atoms. The fourth-order valence-corrected chi connectivity index (χ4v) is 0.632. The molecule has 1 fully saturated rings. The SMILES string of the molecule is [C-]#[N+]C1([N+]#[C-])OC1(C#N)C#N. The van der Waals surface area contributed by atoms with Gasteiger partial charge in [0.1, 0.15) is 12.1 Å². The highest BCUT2D eigenvalue weighted by atomic mass is 16.7. The monoisotopic (exact) mass is 144 g/mol. The first-order chi connectivity index (χ1) is 5.20. The zero-order valence-electron chi connectivity index (χ0n) is 5.20. The molecule has 0 aromatic rings. The van der Waals surface area contributed by atoms with Crippen LogP contribution < -0.4 is 0 Å². The highest BCUT2D eigenvalue weighted by Crippen LogP contribution is 2.49. The molecule has 1 rings (SSSR count). The van der Waals surface area contributed by atoms with Crippen molar-refractivity contribution in [1.29, 1.82) is 10.5 Å². The summed E-state index contributed by atoms with van der Waals surface area (Å²) in [4.78, 5) is 5.55. The summed E-state index contributed by atoms with van der Waals surface area (Å²) in [5.74, 6) is -1.89. The smallest absolute Gasteiger partial charge is 0.221 e. The lowest BCUT2D eigenvalue weighted by molar-refractivity contribution is 0.352. The third-order valence-electron chi connectivity index (χ3n) is 1.33. The molecule has 0 saturated carbocycles. The number of nitrogens with zero attached hydrogens (tertiary/aromatic N) is 4. The van der Waals surface area contributed by atoms with E-state index in [4.69, 9.17) is 23.7 Å². The molecule has 5 nitrogen and oxygen atoms in total. The van der Waals surface area contributed by atoms with E-state index in [1.807, 2.05) is 0 Å². The van der Waals surface area contributed by atoms with Gasteiger partial charge in [-0.3, -0.25) is 0 Å². The lowest BCUT2D eigenvalue weighted by Crippen LogP contribution is -2.15. The minimum atomic E-state index is -1.89. The predicted molar refractivity (Wildman–Crippen MR) is 31.0 cm³/mol. The summed E-state index contributed by atoms with van der Waals surface area (Å²) < 4.78 is 4.46. The van der Waals surface area contributed by atoms with Crippen LogP contribution in [0.3, 0.4) is 0 Å². The Morgan fingerprint density at radius 1 is 1.18 bits per heavy atom. The molecule has 50 valence electrons. The van der Waals surface area contributed by atoms with Crippen LogP contribution in [0, 0.1) is 35.8 Å². The number of ether oxygens (including phenoxy) is 1. The molecular formula is C6N4O. The zero-order chi connectivity index (χ0) is 8.54. The maximum atomic E-state index is 8.37. The number of hydrogen-bond acceptors (Lipinski definition) is 3. The van der Waals surface area contributed by atoms with E-state index in [1.54, 1.807) is 0 Å². The Morgan fingerprint density at radius 2 is 1.64 bits per heavy atom. The maximum Gasteiger partial charge on any atom is 0.675 e. The molecule has 5 heteroatoms. The molecule has 0 bridgehead atoms. The average molecular weight is 144 g/mol. The zero-order valence-corrected chi connectivity index (χ0v) is 5.20.